The second-order valence-corrected chi connectivity index (χ2v) is 11.2. The van der Waals surface area contributed by atoms with Crippen LogP contribution < -0.4 is 15.8 Å². The van der Waals surface area contributed by atoms with Crippen LogP contribution in [0.5, 0.6) is 0 Å². The van der Waals surface area contributed by atoms with Gasteiger partial charge in [-0.3, -0.25) is 23.9 Å². The van der Waals surface area contributed by atoms with Crippen molar-refractivity contribution in [1.29, 1.82) is 0 Å². The average molecular weight is 580 g/mol. The van der Waals surface area contributed by atoms with Crippen molar-refractivity contribution in [3.63, 3.8) is 0 Å². The first-order chi connectivity index (χ1) is 19.1. The summed E-state index contributed by atoms with van der Waals surface area (Å²) in [6.45, 7) is 6.27. The van der Waals surface area contributed by atoms with Gasteiger partial charge in [0.05, 0.1) is 43.2 Å². The van der Waals surface area contributed by atoms with Gasteiger partial charge in [0.1, 0.15) is 0 Å². The number of anilines is 1. The van der Waals surface area contributed by atoms with E-state index in [9.17, 15) is 19.2 Å². The Labute approximate surface area is 242 Å². The summed E-state index contributed by atoms with van der Waals surface area (Å²) < 4.78 is 14.5. The molecule has 0 aliphatic carbocycles. The Kier molecular flexibility index (Phi) is 13.7. The van der Waals surface area contributed by atoms with E-state index in [1.807, 2.05) is 26.0 Å². The first-order valence-corrected chi connectivity index (χ1v) is 14.5. The lowest BCUT2D eigenvalue weighted by molar-refractivity contribution is -0.145. The van der Waals surface area contributed by atoms with Crippen molar-refractivity contribution in [2.45, 2.75) is 75.6 Å². The van der Waals surface area contributed by atoms with Gasteiger partial charge in [0.15, 0.2) is 0 Å². The molecule has 1 aliphatic heterocycles. The molecule has 12 heteroatoms. The van der Waals surface area contributed by atoms with Crippen molar-refractivity contribution in [2.75, 3.05) is 40.1 Å². The van der Waals surface area contributed by atoms with Crippen LogP contribution in [0.25, 0.3) is 0 Å². The van der Waals surface area contributed by atoms with E-state index >= 15 is 0 Å². The van der Waals surface area contributed by atoms with E-state index in [1.165, 1.54) is 11.9 Å². The Morgan fingerprint density at radius 2 is 1.88 bits per heavy atom. The predicted octanol–water partition coefficient (Wildman–Crippen LogP) is 2.06. The molecule has 1 aromatic carbocycles. The molecule has 0 bridgehead atoms. The maximum absolute atomic E-state index is 13.7. The second-order valence-electron chi connectivity index (χ2n) is 10.3. The first-order valence-electron chi connectivity index (χ1n) is 13.7. The van der Waals surface area contributed by atoms with E-state index in [1.54, 1.807) is 50.1 Å². The largest absolute Gasteiger partial charge is 0.399 e. The summed E-state index contributed by atoms with van der Waals surface area (Å²) in [5, 5.41) is 2.41. The molecule has 1 aliphatic rings. The molecule has 1 aromatic rings. The number of benzene rings is 1. The van der Waals surface area contributed by atoms with Crippen LogP contribution in [0.1, 0.15) is 46.5 Å². The number of nitrogens with two attached hydrogens (primary N) is 1. The number of nitrogen functional groups attached to an aromatic ring is 1. The molecule has 0 aromatic heterocycles. The highest BCUT2D eigenvalue weighted by atomic mass is 32.2. The predicted molar refractivity (Wildman–Crippen MR) is 155 cm³/mol. The third-order valence-corrected chi connectivity index (χ3v) is 8.60. The van der Waals surface area contributed by atoms with Crippen LogP contribution in [0.2, 0.25) is 0 Å². The highest BCUT2D eigenvalue weighted by Gasteiger charge is 2.41. The minimum absolute atomic E-state index is 0.0475. The molecule has 0 saturated carbocycles. The van der Waals surface area contributed by atoms with Crippen LogP contribution in [-0.4, -0.2) is 92.6 Å². The maximum Gasteiger partial charge on any atom is 0.242 e. The Hall–Kier alpha value is -2.83. The Bertz CT molecular complexity index is 980. The molecule has 40 heavy (non-hydrogen) atoms. The second kappa shape index (κ2) is 16.4. The molecule has 2 rings (SSSR count). The van der Waals surface area contributed by atoms with E-state index < -0.39 is 18.1 Å². The lowest BCUT2D eigenvalue weighted by Gasteiger charge is -2.39. The summed E-state index contributed by atoms with van der Waals surface area (Å²) in [4.78, 5) is 54.3. The monoisotopic (exact) mass is 579 g/mol. The van der Waals surface area contributed by atoms with E-state index in [2.05, 4.69) is 10.0 Å². The van der Waals surface area contributed by atoms with Crippen LogP contribution in [-0.2, 0) is 28.7 Å². The van der Waals surface area contributed by atoms with Gasteiger partial charge in [-0.2, -0.15) is 0 Å². The number of ether oxygens (including phenoxy) is 2. The third-order valence-electron chi connectivity index (χ3n) is 7.79. The summed E-state index contributed by atoms with van der Waals surface area (Å²) in [5.74, 6) is -1.03. The van der Waals surface area contributed by atoms with Crippen LogP contribution in [0.15, 0.2) is 29.2 Å². The lowest BCUT2D eigenvalue weighted by atomic mass is 9.90. The molecule has 4 amide bonds. The molecule has 6 unspecified atom stereocenters. The van der Waals surface area contributed by atoms with Crippen molar-refractivity contribution in [3.8, 4) is 0 Å². The molecule has 1 saturated heterocycles. The summed E-state index contributed by atoms with van der Waals surface area (Å²) in [6, 6.07) is 6.57. The molecule has 4 N–H and O–H groups in total. The standard InChI is InChI=1S/C28H45N5O6S/c1-7-18(2)26(32(4)25(36)16-30-17-34)23(38-5)15-24(35)33-14-8-9-22(33)27(39-6)19(3)28(37)31-40-21-12-10-20(29)11-13-21/h10-13,17-19,22-23,26-27H,7-9,14-16,29H2,1-6H3,(H,30,34)(H,31,37). The Balaban J connectivity index is 2.12. The van der Waals surface area contributed by atoms with Crippen molar-refractivity contribution in [2.24, 2.45) is 11.8 Å². The van der Waals surface area contributed by atoms with Gasteiger partial charge < -0.3 is 30.3 Å². The zero-order valence-corrected chi connectivity index (χ0v) is 25.2. The molecular formula is C28H45N5O6S. The number of nitrogens with one attached hydrogen (secondary N) is 2. The van der Waals surface area contributed by atoms with Crippen molar-refractivity contribution >= 4 is 41.8 Å². The van der Waals surface area contributed by atoms with E-state index in [-0.39, 0.29) is 48.7 Å². The number of amides is 4. The highest BCUT2D eigenvalue weighted by molar-refractivity contribution is 7.98. The minimum atomic E-state index is -0.549. The number of likely N-dealkylation sites (tertiary alicyclic amines) is 1. The molecular weight excluding hydrogens is 534 g/mol. The molecule has 0 spiro atoms. The van der Waals surface area contributed by atoms with Gasteiger partial charge in [0, 0.05) is 38.4 Å². The zero-order valence-electron chi connectivity index (χ0n) is 24.4. The first kappa shape index (κ1) is 33.4. The number of hydrogen-bond donors (Lipinski definition) is 3. The molecule has 11 nitrogen and oxygen atoms in total. The van der Waals surface area contributed by atoms with Gasteiger partial charge in [-0.05, 0) is 55.0 Å². The van der Waals surface area contributed by atoms with E-state index in [0.717, 1.165) is 24.2 Å². The van der Waals surface area contributed by atoms with Gasteiger partial charge in [0.2, 0.25) is 24.1 Å². The molecule has 0 radical (unpaired) electrons. The molecule has 1 heterocycles. The number of carbonyl (C=O) groups is 4. The molecule has 1 fully saturated rings. The summed E-state index contributed by atoms with van der Waals surface area (Å²) >= 11 is 1.21. The number of carbonyl (C=O) groups excluding carboxylic acids is 4. The van der Waals surface area contributed by atoms with Gasteiger partial charge in [-0.25, -0.2) is 0 Å². The van der Waals surface area contributed by atoms with Crippen LogP contribution >= 0.6 is 11.9 Å². The zero-order chi connectivity index (χ0) is 29.8. The fourth-order valence-corrected chi connectivity index (χ4v) is 5.99. The number of rotatable bonds is 16. The van der Waals surface area contributed by atoms with Gasteiger partial charge >= 0.3 is 0 Å². The van der Waals surface area contributed by atoms with E-state index in [0.29, 0.717) is 18.6 Å². The van der Waals surface area contributed by atoms with Gasteiger partial charge in [-0.1, -0.05) is 27.2 Å². The Morgan fingerprint density at radius 3 is 2.45 bits per heavy atom. The summed E-state index contributed by atoms with van der Waals surface area (Å²) in [5.41, 5.74) is 6.38. The van der Waals surface area contributed by atoms with Gasteiger partial charge in [-0.15, -0.1) is 0 Å². The number of likely N-dealkylation sites (N-methyl/N-ethyl adjacent to an activating group) is 1. The Morgan fingerprint density at radius 1 is 1.20 bits per heavy atom. The average Bonchev–Trinajstić information content (AvgIpc) is 3.44. The fourth-order valence-electron chi connectivity index (χ4n) is 5.32. The maximum atomic E-state index is 13.7. The smallest absolute Gasteiger partial charge is 0.242 e. The van der Waals surface area contributed by atoms with E-state index in [4.69, 9.17) is 15.2 Å². The topological polar surface area (TPSA) is 143 Å². The number of nitrogens with zero attached hydrogens (tertiary/aromatic N) is 2. The molecule has 6 atom stereocenters. The fraction of sp³-hybridized carbons (Fsp3) is 0.643. The highest BCUT2D eigenvalue weighted by Crippen LogP contribution is 2.29. The number of hydrogen-bond acceptors (Lipinski definition) is 8. The van der Waals surface area contributed by atoms with Crippen LogP contribution in [0.3, 0.4) is 0 Å². The molecule has 224 valence electrons. The quantitative estimate of drug-likeness (QED) is 0.153. The SMILES string of the molecule is CCC(C)C(C(CC(=O)N1CCCC1C(OC)C(C)C(=O)NSc1ccc(N)cc1)OC)N(C)C(=O)CNC=O. The summed E-state index contributed by atoms with van der Waals surface area (Å²) in [7, 11) is 4.78. The number of methoxy groups -OCH3 is 2. The van der Waals surface area contributed by atoms with Crippen molar-refractivity contribution in [3.05, 3.63) is 24.3 Å². The van der Waals surface area contributed by atoms with Crippen molar-refractivity contribution < 1.29 is 28.7 Å². The van der Waals surface area contributed by atoms with Gasteiger partial charge in [0.25, 0.3) is 0 Å². The third kappa shape index (κ3) is 8.84. The van der Waals surface area contributed by atoms with Crippen LogP contribution in [0, 0.1) is 11.8 Å². The normalized spacial score (nSPS) is 18.8. The van der Waals surface area contributed by atoms with Crippen LogP contribution in [0.4, 0.5) is 5.69 Å². The lowest BCUT2D eigenvalue weighted by Crippen LogP contribution is -2.54. The summed E-state index contributed by atoms with van der Waals surface area (Å²) in [6.07, 6.45) is 1.80. The van der Waals surface area contributed by atoms with Crippen molar-refractivity contribution in [1.82, 2.24) is 19.8 Å². The minimum Gasteiger partial charge on any atom is -0.399 e.